The maximum Gasteiger partial charge on any atom is 0.573 e. The molecular weight excluding hydrogens is 579 g/mol. The normalized spacial score (nSPS) is 12.3. The second-order valence-electron chi connectivity index (χ2n) is 8.95. The van der Waals surface area contributed by atoms with Crippen molar-refractivity contribution in [2.75, 3.05) is 5.32 Å². The van der Waals surface area contributed by atoms with Crippen LogP contribution in [-0.4, -0.2) is 33.4 Å². The molecule has 41 heavy (non-hydrogen) atoms. The summed E-state index contributed by atoms with van der Waals surface area (Å²) in [6, 6.07) is 5.15. The summed E-state index contributed by atoms with van der Waals surface area (Å²) < 4.78 is 41.0. The number of benzene rings is 1. The van der Waals surface area contributed by atoms with Gasteiger partial charge in [-0.3, -0.25) is 9.59 Å². The van der Waals surface area contributed by atoms with Crippen molar-refractivity contribution in [2.45, 2.75) is 58.7 Å². The van der Waals surface area contributed by atoms with Crippen molar-refractivity contribution in [1.29, 1.82) is 0 Å². The summed E-state index contributed by atoms with van der Waals surface area (Å²) in [5.74, 6) is -1.06. The average molecular weight is 610 g/mol. The van der Waals surface area contributed by atoms with Gasteiger partial charge in [-0.1, -0.05) is 23.5 Å². The number of unbranched alkanes of at least 4 members (excludes halogenated alkanes) is 1. The third-order valence-corrected chi connectivity index (χ3v) is 7.23. The van der Waals surface area contributed by atoms with E-state index in [0.717, 1.165) is 45.6 Å². The summed E-state index contributed by atoms with van der Waals surface area (Å²) in [5, 5.41) is 15.5. The van der Waals surface area contributed by atoms with Crippen LogP contribution < -0.4 is 26.8 Å². The molecule has 0 atom stereocenters. The second-order valence-corrected chi connectivity index (χ2v) is 11.4. The number of aryl methyl sites for hydroxylation is 3. The molecule has 6 N–H and O–H groups in total. The van der Waals surface area contributed by atoms with Crippen LogP contribution in [0.4, 0.5) is 18.3 Å². The van der Waals surface area contributed by atoms with E-state index in [0.29, 0.717) is 29.2 Å². The number of halogens is 3. The van der Waals surface area contributed by atoms with Gasteiger partial charge in [0, 0.05) is 17.0 Å². The van der Waals surface area contributed by atoms with Crippen molar-refractivity contribution in [3.05, 3.63) is 74.1 Å². The van der Waals surface area contributed by atoms with E-state index >= 15 is 0 Å². The maximum atomic E-state index is 12.4. The fourth-order valence-electron chi connectivity index (χ4n) is 3.63. The molecule has 0 unspecified atom stereocenters. The van der Waals surface area contributed by atoms with Gasteiger partial charge >= 0.3 is 6.36 Å². The van der Waals surface area contributed by atoms with Crippen molar-refractivity contribution < 1.29 is 27.5 Å². The quantitative estimate of drug-likeness (QED) is 0.164. The Kier molecular flexibility index (Phi) is 11.2. The van der Waals surface area contributed by atoms with Gasteiger partial charge in [0.15, 0.2) is 0 Å². The van der Waals surface area contributed by atoms with Gasteiger partial charge in [0.1, 0.15) is 16.6 Å². The lowest BCUT2D eigenvalue weighted by atomic mass is 10.1. The Morgan fingerprint density at radius 1 is 1.05 bits per heavy atom. The zero-order valence-electron chi connectivity index (χ0n) is 22.4. The Morgan fingerprint density at radius 3 is 2.54 bits per heavy atom. The van der Waals surface area contributed by atoms with Crippen LogP contribution in [0.3, 0.4) is 0 Å². The molecule has 2 aromatic heterocycles. The average Bonchev–Trinajstić information content (AvgIpc) is 3.44. The van der Waals surface area contributed by atoms with Gasteiger partial charge in [-0.15, -0.1) is 34.7 Å². The molecule has 0 saturated carbocycles. The second kappa shape index (κ2) is 14.6. The van der Waals surface area contributed by atoms with Crippen LogP contribution >= 0.6 is 22.7 Å². The number of amides is 2. The van der Waals surface area contributed by atoms with Crippen molar-refractivity contribution >= 4 is 39.6 Å². The number of aromatic nitrogens is 3. The van der Waals surface area contributed by atoms with Gasteiger partial charge < -0.3 is 26.8 Å². The lowest BCUT2D eigenvalue weighted by Crippen LogP contribution is -2.28. The minimum Gasteiger partial charge on any atom is -0.406 e. The number of anilines is 1. The van der Waals surface area contributed by atoms with E-state index < -0.39 is 18.0 Å². The van der Waals surface area contributed by atoms with E-state index in [1.54, 1.807) is 17.4 Å². The first-order valence-electron chi connectivity index (χ1n) is 12.5. The molecule has 0 bridgehead atoms. The van der Waals surface area contributed by atoms with E-state index in [1.165, 1.54) is 29.5 Å². The van der Waals surface area contributed by atoms with Crippen molar-refractivity contribution in [1.82, 2.24) is 20.5 Å². The highest BCUT2D eigenvalue weighted by molar-refractivity contribution is 7.15. The first-order valence-corrected chi connectivity index (χ1v) is 14.1. The van der Waals surface area contributed by atoms with Gasteiger partial charge in [-0.05, 0) is 63.0 Å². The van der Waals surface area contributed by atoms with Crippen LogP contribution in [0, 0.1) is 13.8 Å². The van der Waals surface area contributed by atoms with Gasteiger partial charge in [-0.2, -0.15) is 0 Å². The summed E-state index contributed by atoms with van der Waals surface area (Å²) in [7, 11) is 0. The Labute approximate surface area is 242 Å². The molecule has 0 aliphatic rings. The van der Waals surface area contributed by atoms with E-state index in [9.17, 15) is 22.8 Å². The number of hydrogen-bond donors (Lipinski definition) is 4. The topological polar surface area (TPSA) is 158 Å². The summed E-state index contributed by atoms with van der Waals surface area (Å²) in [6.45, 7) is 3.84. The zero-order chi connectivity index (χ0) is 30.0. The highest BCUT2D eigenvalue weighted by Gasteiger charge is 2.31. The molecule has 220 valence electrons. The number of nitrogens with two attached hydrogens (primary N) is 2. The predicted molar refractivity (Wildman–Crippen MR) is 151 cm³/mol. The Hall–Kier alpha value is -3.98. The van der Waals surface area contributed by atoms with Crippen molar-refractivity contribution in [2.24, 2.45) is 11.5 Å². The lowest BCUT2D eigenvalue weighted by Gasteiger charge is -2.10. The number of alkyl halides is 3. The standard InChI is InChI=1S/C26H30F3N7O3S2/c1-15-20(32-16(2)40-15)14-23(38)34-25-36-35-24(41-25)9-4-3-7-18(30)10-11-21(31)33-22(37)13-17-6-5-8-19(12-17)39-26(27,28)29/h5-6,8,10-12H,3-4,7,9,13-14,30-31H2,1-2H3,(H,33,37)(H,34,36,38)/b18-10-,21-11+. The lowest BCUT2D eigenvalue weighted by molar-refractivity contribution is -0.274. The van der Waals surface area contributed by atoms with E-state index in [1.807, 2.05) is 13.8 Å². The first-order chi connectivity index (χ1) is 19.4. The van der Waals surface area contributed by atoms with Crippen molar-refractivity contribution in [3.8, 4) is 5.75 Å². The number of thiazole rings is 1. The molecule has 0 spiro atoms. The monoisotopic (exact) mass is 609 g/mol. The fourth-order valence-corrected chi connectivity index (χ4v) is 5.26. The number of rotatable bonds is 13. The fraction of sp³-hybridized carbons (Fsp3) is 0.346. The van der Waals surface area contributed by atoms with Crippen LogP contribution in [0.15, 0.2) is 47.9 Å². The molecule has 0 saturated heterocycles. The molecule has 2 heterocycles. The molecule has 0 aliphatic carbocycles. The highest BCUT2D eigenvalue weighted by Crippen LogP contribution is 2.24. The summed E-state index contributed by atoms with van der Waals surface area (Å²) in [4.78, 5) is 29.9. The molecule has 0 radical (unpaired) electrons. The van der Waals surface area contributed by atoms with Crippen LogP contribution in [0.1, 0.15) is 45.4 Å². The molecule has 0 fully saturated rings. The van der Waals surface area contributed by atoms with Crippen LogP contribution in [0.2, 0.25) is 0 Å². The number of nitrogens with one attached hydrogen (secondary N) is 2. The minimum atomic E-state index is -4.82. The van der Waals surface area contributed by atoms with Gasteiger partial charge in [0.2, 0.25) is 16.9 Å². The third kappa shape index (κ3) is 11.6. The number of carbonyl (C=O) groups is 2. The summed E-state index contributed by atoms with van der Waals surface area (Å²) in [6.07, 6.45) is 1.03. The van der Waals surface area contributed by atoms with Crippen molar-refractivity contribution in [3.63, 3.8) is 0 Å². The molecule has 15 heteroatoms. The van der Waals surface area contributed by atoms with Gasteiger partial charge in [0.05, 0.1) is 23.5 Å². The molecule has 3 aromatic rings. The third-order valence-electron chi connectivity index (χ3n) is 5.40. The Balaban J connectivity index is 1.36. The summed E-state index contributed by atoms with van der Waals surface area (Å²) in [5.41, 5.74) is 13.5. The minimum absolute atomic E-state index is 0.0455. The number of allylic oxidation sites excluding steroid dienone is 3. The van der Waals surface area contributed by atoms with E-state index in [2.05, 4.69) is 30.6 Å². The van der Waals surface area contributed by atoms with Gasteiger partial charge in [0.25, 0.3) is 0 Å². The van der Waals surface area contributed by atoms with Gasteiger partial charge in [-0.25, -0.2) is 4.98 Å². The maximum absolute atomic E-state index is 12.4. The Bertz CT molecular complexity index is 1420. The van der Waals surface area contributed by atoms with Crippen LogP contribution in [0.25, 0.3) is 0 Å². The number of nitrogens with zero attached hydrogens (tertiary/aromatic N) is 3. The zero-order valence-corrected chi connectivity index (χ0v) is 24.0. The number of carbonyl (C=O) groups excluding carboxylic acids is 2. The predicted octanol–water partition coefficient (Wildman–Crippen LogP) is 4.41. The molecule has 10 nitrogen and oxygen atoms in total. The molecule has 1 aromatic carbocycles. The molecule has 2 amide bonds. The SMILES string of the molecule is Cc1nc(CC(=O)Nc2nnc(CCCC/C(N)=C/C=C(\N)NC(=O)Cc3cccc(OC(F)(F)F)c3)s2)c(C)s1. The molecule has 0 aliphatic heterocycles. The number of ether oxygens (including phenoxy) is 1. The Morgan fingerprint density at radius 2 is 1.83 bits per heavy atom. The van der Waals surface area contributed by atoms with Crippen LogP contribution in [-0.2, 0) is 28.9 Å². The largest absolute Gasteiger partial charge is 0.573 e. The summed E-state index contributed by atoms with van der Waals surface area (Å²) >= 11 is 2.88. The van der Waals surface area contributed by atoms with E-state index in [4.69, 9.17) is 11.5 Å². The molecular formula is C26H30F3N7O3S2. The number of hydrogen-bond acceptors (Lipinski definition) is 10. The van der Waals surface area contributed by atoms with Crippen LogP contribution in [0.5, 0.6) is 5.75 Å². The molecule has 3 rings (SSSR count). The first kappa shape index (κ1) is 31.5. The van der Waals surface area contributed by atoms with E-state index in [-0.39, 0.29) is 24.6 Å². The smallest absolute Gasteiger partial charge is 0.406 e. The highest BCUT2D eigenvalue weighted by atomic mass is 32.1.